The number of unbranched alkanes of at least 4 members (excludes halogenated alkanes) is 18. The fourth-order valence-corrected chi connectivity index (χ4v) is 8.48. The normalized spacial score (nSPS) is 14.2. The molecule has 0 spiro atoms. The lowest BCUT2D eigenvalue weighted by molar-refractivity contribution is -0.870. The van der Waals surface area contributed by atoms with Crippen LogP contribution in [-0.2, 0) is 32.7 Å². The van der Waals surface area contributed by atoms with Crippen LogP contribution in [-0.4, -0.2) is 74.9 Å². The number of phosphoric acid groups is 1. The summed E-state index contributed by atoms with van der Waals surface area (Å²) in [4.78, 5) is 35.7. The number of esters is 2. The number of hydrogen-bond donors (Lipinski definition) is 1. The topological polar surface area (TPSA) is 108 Å². The highest BCUT2D eigenvalue weighted by Gasteiger charge is 2.27. The molecule has 0 aliphatic carbocycles. The maximum absolute atomic E-state index is 12.8. The Labute approximate surface area is 472 Å². The number of carbonyl (C=O) groups is 2. The molecule has 0 aliphatic heterocycles. The third-order valence-electron chi connectivity index (χ3n) is 12.4. The fraction of sp³-hybridized carbons (Fsp3) is 0.642. The maximum atomic E-state index is 12.8. The Morgan fingerprint density at radius 2 is 0.740 bits per heavy atom. The SMILES string of the molecule is CC/C=C\C/C=C\C/C=C\C/C=C\C/C=C\C/C=C\C/C=C\C/C=C\C/C=C\C/C=C\CCCCCCCCC(=O)OC(COC(=O)CCCCCCC/C=C\CCCCCCCCC)COP(=O)(O)OCC[N+](C)(C)C. The minimum absolute atomic E-state index is 0.0207. The van der Waals surface area contributed by atoms with Crippen LogP contribution in [0.1, 0.15) is 226 Å². The number of likely N-dealkylation sites (N-methyl/N-ethyl adjacent to an activating group) is 1. The average molecular weight is 1090 g/mol. The van der Waals surface area contributed by atoms with E-state index >= 15 is 0 Å². The predicted molar refractivity (Wildman–Crippen MR) is 330 cm³/mol. The lowest BCUT2D eigenvalue weighted by Crippen LogP contribution is -2.37. The molecule has 0 radical (unpaired) electrons. The van der Waals surface area contributed by atoms with Crippen LogP contribution in [0.4, 0.5) is 0 Å². The maximum Gasteiger partial charge on any atom is 0.472 e. The van der Waals surface area contributed by atoms with Gasteiger partial charge in [-0.1, -0.05) is 231 Å². The molecule has 0 amide bonds. The van der Waals surface area contributed by atoms with Crippen molar-refractivity contribution in [3.63, 3.8) is 0 Å². The molecule has 0 saturated carbocycles. The smallest absolute Gasteiger partial charge is 0.462 e. The zero-order chi connectivity index (χ0) is 56.3. The number of hydrogen-bond acceptors (Lipinski definition) is 7. The van der Waals surface area contributed by atoms with Gasteiger partial charge in [0, 0.05) is 12.8 Å². The van der Waals surface area contributed by atoms with Crippen molar-refractivity contribution in [1.29, 1.82) is 0 Å². The summed E-state index contributed by atoms with van der Waals surface area (Å²) < 4.78 is 34.5. The van der Waals surface area contributed by atoms with E-state index in [1.54, 1.807) is 0 Å². The minimum Gasteiger partial charge on any atom is -0.462 e. The van der Waals surface area contributed by atoms with Gasteiger partial charge in [0.25, 0.3) is 0 Å². The monoisotopic (exact) mass is 1090 g/mol. The van der Waals surface area contributed by atoms with Crippen LogP contribution in [0.2, 0.25) is 0 Å². The summed E-state index contributed by atoms with van der Waals surface area (Å²) in [6.07, 6.45) is 82.4. The molecule has 0 bridgehead atoms. The van der Waals surface area contributed by atoms with Crippen molar-refractivity contribution >= 4 is 19.8 Å². The molecule has 0 saturated heterocycles. The minimum atomic E-state index is -4.40. The highest BCUT2D eigenvalue weighted by atomic mass is 31.2. The quantitative estimate of drug-likeness (QED) is 0.0211. The van der Waals surface area contributed by atoms with E-state index in [1.165, 1.54) is 51.4 Å². The number of carbonyl (C=O) groups excluding carboxylic acids is 2. The number of rotatable bonds is 54. The third-order valence-corrected chi connectivity index (χ3v) is 13.4. The number of nitrogens with zero attached hydrogens (tertiary/aromatic N) is 1. The molecule has 77 heavy (non-hydrogen) atoms. The van der Waals surface area contributed by atoms with Crippen molar-refractivity contribution < 1.29 is 42.1 Å². The molecular weight excluding hydrogens is 978 g/mol. The average Bonchev–Trinajstić information content (AvgIpc) is 3.39. The van der Waals surface area contributed by atoms with Gasteiger partial charge in [-0.25, -0.2) is 4.57 Å². The van der Waals surface area contributed by atoms with Crippen LogP contribution < -0.4 is 0 Å². The van der Waals surface area contributed by atoms with Crippen LogP contribution in [0.5, 0.6) is 0 Å². The van der Waals surface area contributed by atoms with Crippen LogP contribution in [0, 0.1) is 0 Å². The highest BCUT2D eigenvalue weighted by Crippen LogP contribution is 2.43. The Balaban J connectivity index is 4.19. The van der Waals surface area contributed by atoms with Gasteiger partial charge >= 0.3 is 19.8 Å². The van der Waals surface area contributed by atoms with Crippen molar-refractivity contribution in [3.05, 3.63) is 134 Å². The van der Waals surface area contributed by atoms with Gasteiger partial charge in [-0.05, 0) is 116 Å². The summed E-state index contributed by atoms with van der Waals surface area (Å²) in [5.41, 5.74) is 0. The molecule has 10 heteroatoms. The van der Waals surface area contributed by atoms with Gasteiger partial charge in [0.05, 0.1) is 27.7 Å². The third kappa shape index (κ3) is 61.2. The first kappa shape index (κ1) is 73.2. The molecule has 2 atom stereocenters. The Morgan fingerprint density at radius 1 is 0.416 bits per heavy atom. The zero-order valence-corrected chi connectivity index (χ0v) is 50.5. The number of quaternary nitrogens is 1. The molecular formula is C67H113NO8P+. The molecule has 2 unspecified atom stereocenters. The molecule has 1 N–H and O–H groups in total. The molecule has 0 aromatic heterocycles. The second kappa shape index (κ2) is 56.9. The lowest BCUT2D eigenvalue weighted by Gasteiger charge is -2.24. The Hall–Kier alpha value is -3.85. The summed E-state index contributed by atoms with van der Waals surface area (Å²) >= 11 is 0. The van der Waals surface area contributed by atoms with Crippen molar-refractivity contribution in [1.82, 2.24) is 0 Å². The van der Waals surface area contributed by atoms with Gasteiger partial charge in [-0.2, -0.15) is 0 Å². The van der Waals surface area contributed by atoms with E-state index in [0.29, 0.717) is 17.4 Å². The Kier molecular flexibility index (Phi) is 54.0. The molecule has 0 rings (SSSR count). The van der Waals surface area contributed by atoms with Crippen LogP contribution in [0.15, 0.2) is 134 Å². The van der Waals surface area contributed by atoms with E-state index in [0.717, 1.165) is 141 Å². The first-order chi connectivity index (χ1) is 37.5. The molecule has 0 aliphatic rings. The van der Waals surface area contributed by atoms with Crippen molar-refractivity contribution in [3.8, 4) is 0 Å². The first-order valence-electron chi connectivity index (χ1n) is 30.4. The summed E-state index contributed by atoms with van der Waals surface area (Å²) in [6, 6.07) is 0. The van der Waals surface area contributed by atoms with E-state index in [4.69, 9.17) is 18.5 Å². The fourth-order valence-electron chi connectivity index (χ4n) is 7.74. The van der Waals surface area contributed by atoms with Crippen molar-refractivity contribution in [2.75, 3.05) is 47.5 Å². The first-order valence-corrected chi connectivity index (χ1v) is 31.9. The second-order valence-corrected chi connectivity index (χ2v) is 22.5. The molecule has 9 nitrogen and oxygen atoms in total. The van der Waals surface area contributed by atoms with Gasteiger partial charge in [-0.3, -0.25) is 18.6 Å². The van der Waals surface area contributed by atoms with Crippen LogP contribution >= 0.6 is 7.82 Å². The summed E-state index contributed by atoms with van der Waals surface area (Å²) in [7, 11) is 1.45. The zero-order valence-electron chi connectivity index (χ0n) is 49.6. The number of ether oxygens (including phenoxy) is 2. The predicted octanol–water partition coefficient (Wildman–Crippen LogP) is 19.3. The van der Waals surface area contributed by atoms with Crippen LogP contribution in [0.25, 0.3) is 0 Å². The summed E-state index contributed by atoms with van der Waals surface area (Å²) in [5.74, 6) is -0.832. The molecule has 0 heterocycles. The van der Waals surface area contributed by atoms with E-state index in [2.05, 4.69) is 148 Å². The number of phosphoric ester groups is 1. The van der Waals surface area contributed by atoms with Gasteiger partial charge in [0.15, 0.2) is 6.10 Å². The molecule has 0 fully saturated rings. The lowest BCUT2D eigenvalue weighted by atomic mass is 10.1. The molecule has 438 valence electrons. The Bertz CT molecular complexity index is 1760. The number of allylic oxidation sites excluding steroid dienone is 22. The standard InChI is InChI=1S/C67H112NO8P/c1-6-8-10-12-14-16-18-20-22-24-25-26-27-28-29-30-31-32-33-34-35-36-37-38-39-40-41-42-43-44-46-48-50-52-54-56-58-60-67(70)76-65(64-75-77(71,72)74-62-61-68(3,4)5)63-73-66(69)59-57-55-53-51-49-47-45-23-21-19-17-15-13-11-9-7-2/h8,10,14,16,20,22-23,25-26,28-29,31-32,34-35,37-38,40-41,43-45,65H,6-7,9,11-13,15,17-19,21,24,27,30,33,36,39,42,46-64H2,1-5H3/p+1/b10-8-,16-14-,22-20-,26-25-,29-28-,32-31-,35-34-,38-37-,41-40-,44-43-,45-23-. The second-order valence-electron chi connectivity index (χ2n) is 21.0. The van der Waals surface area contributed by atoms with E-state index < -0.39 is 26.5 Å². The van der Waals surface area contributed by atoms with Crippen molar-refractivity contribution in [2.24, 2.45) is 0 Å². The summed E-state index contributed by atoms with van der Waals surface area (Å²) in [5, 5.41) is 0. The van der Waals surface area contributed by atoms with Gasteiger partial charge in [-0.15, -0.1) is 0 Å². The Morgan fingerprint density at radius 3 is 1.12 bits per heavy atom. The molecule has 0 aromatic rings. The highest BCUT2D eigenvalue weighted by molar-refractivity contribution is 7.47. The van der Waals surface area contributed by atoms with Gasteiger partial charge in [0.1, 0.15) is 19.8 Å². The van der Waals surface area contributed by atoms with Crippen molar-refractivity contribution in [2.45, 2.75) is 232 Å². The van der Waals surface area contributed by atoms with E-state index in [1.807, 2.05) is 21.1 Å². The van der Waals surface area contributed by atoms with Crippen LogP contribution in [0.3, 0.4) is 0 Å². The molecule has 0 aromatic carbocycles. The summed E-state index contributed by atoms with van der Waals surface area (Å²) in [6.45, 7) is 4.27. The van der Waals surface area contributed by atoms with Gasteiger partial charge in [0.2, 0.25) is 0 Å². The largest absolute Gasteiger partial charge is 0.472 e. The van der Waals surface area contributed by atoms with E-state index in [-0.39, 0.29) is 32.0 Å². The van der Waals surface area contributed by atoms with E-state index in [9.17, 15) is 19.0 Å². The van der Waals surface area contributed by atoms with Gasteiger partial charge < -0.3 is 18.9 Å².